The smallest absolute Gasteiger partial charge is 0.255 e. The molecule has 110 valence electrons. The lowest BCUT2D eigenvalue weighted by Gasteiger charge is -2.09. The zero-order valence-electron chi connectivity index (χ0n) is 11.1. The largest absolute Gasteiger partial charge is 0.484 e. The van der Waals surface area contributed by atoms with E-state index in [1.807, 2.05) is 12.1 Å². The van der Waals surface area contributed by atoms with Crippen molar-refractivity contribution in [3.05, 3.63) is 58.3 Å². The Hall–Kier alpha value is -2.08. The summed E-state index contributed by atoms with van der Waals surface area (Å²) < 4.78 is 18.7. The predicted molar refractivity (Wildman–Crippen MR) is 82.6 cm³/mol. The van der Waals surface area contributed by atoms with Gasteiger partial charge in [-0.2, -0.15) is 0 Å². The number of benzene rings is 2. The Morgan fingerprint density at radius 3 is 2.57 bits per heavy atom. The molecule has 0 aliphatic rings. The molecule has 0 atom stereocenters. The lowest BCUT2D eigenvalue weighted by Crippen LogP contribution is -2.19. The fourth-order valence-electron chi connectivity index (χ4n) is 1.68. The van der Waals surface area contributed by atoms with Gasteiger partial charge in [0.25, 0.3) is 5.91 Å². The van der Waals surface area contributed by atoms with Gasteiger partial charge >= 0.3 is 0 Å². The highest BCUT2D eigenvalue weighted by Crippen LogP contribution is 2.19. The molecule has 4 nitrogen and oxygen atoms in total. The molecule has 2 aromatic carbocycles. The Balaban J connectivity index is 1.91. The van der Waals surface area contributed by atoms with Gasteiger partial charge in [-0.1, -0.05) is 6.07 Å². The molecule has 0 fully saturated rings. The Bertz CT molecular complexity index is 632. The van der Waals surface area contributed by atoms with Crippen LogP contribution in [0.1, 0.15) is 5.56 Å². The van der Waals surface area contributed by atoms with Crippen LogP contribution in [-0.2, 0) is 11.3 Å². The summed E-state index contributed by atoms with van der Waals surface area (Å²) in [6.07, 6.45) is 0. The summed E-state index contributed by atoms with van der Waals surface area (Å²) in [6.45, 7) is 0.427. The third-order valence-electron chi connectivity index (χ3n) is 2.72. The molecule has 0 aliphatic carbocycles. The molecule has 0 aromatic heterocycles. The van der Waals surface area contributed by atoms with Crippen LogP contribution in [0, 0.1) is 5.82 Å². The molecule has 0 saturated carbocycles. The Morgan fingerprint density at radius 2 is 1.95 bits per heavy atom. The number of amides is 1. The summed E-state index contributed by atoms with van der Waals surface area (Å²) in [5.41, 5.74) is 6.84. The summed E-state index contributed by atoms with van der Waals surface area (Å²) in [7, 11) is 0. The molecule has 6 heteroatoms. The topological polar surface area (TPSA) is 64.4 Å². The van der Waals surface area contributed by atoms with Gasteiger partial charge in [0.2, 0.25) is 0 Å². The quantitative estimate of drug-likeness (QED) is 0.839. The lowest BCUT2D eigenvalue weighted by atomic mass is 10.2. The zero-order chi connectivity index (χ0) is 15.2. The summed E-state index contributed by atoms with van der Waals surface area (Å²) in [5, 5.41) is 3.21. The van der Waals surface area contributed by atoms with Gasteiger partial charge in [0.15, 0.2) is 6.61 Å². The van der Waals surface area contributed by atoms with Crippen LogP contribution < -0.4 is 15.8 Å². The second-order valence-electron chi connectivity index (χ2n) is 4.38. The van der Waals surface area contributed by atoms with E-state index in [-0.39, 0.29) is 12.4 Å². The number of primary amides is 1. The first kappa shape index (κ1) is 15.3. The molecular weight excluding hydrogens is 339 g/mol. The Morgan fingerprint density at radius 1 is 1.24 bits per heavy atom. The minimum Gasteiger partial charge on any atom is -0.484 e. The molecule has 0 saturated heterocycles. The van der Waals surface area contributed by atoms with E-state index >= 15 is 0 Å². The first-order valence-corrected chi connectivity index (χ1v) is 7.03. The summed E-state index contributed by atoms with van der Waals surface area (Å²) in [6, 6.07) is 12.0. The third-order valence-corrected chi connectivity index (χ3v) is 3.32. The molecule has 2 aromatic rings. The maximum Gasteiger partial charge on any atom is 0.255 e. The zero-order valence-corrected chi connectivity index (χ0v) is 12.7. The van der Waals surface area contributed by atoms with E-state index in [1.165, 1.54) is 6.07 Å². The van der Waals surface area contributed by atoms with Gasteiger partial charge < -0.3 is 15.8 Å². The van der Waals surface area contributed by atoms with Crippen molar-refractivity contribution >= 4 is 27.5 Å². The van der Waals surface area contributed by atoms with Gasteiger partial charge in [0.05, 0.1) is 4.47 Å². The van der Waals surface area contributed by atoms with Crippen LogP contribution in [-0.4, -0.2) is 12.5 Å². The molecule has 2 rings (SSSR count). The number of ether oxygens (including phenoxy) is 1. The number of hydrogen-bond donors (Lipinski definition) is 2. The van der Waals surface area contributed by atoms with E-state index in [4.69, 9.17) is 10.5 Å². The molecular formula is C15H14BrFN2O2. The van der Waals surface area contributed by atoms with Crippen molar-refractivity contribution in [2.24, 2.45) is 5.73 Å². The van der Waals surface area contributed by atoms with Gasteiger partial charge in [-0.3, -0.25) is 4.79 Å². The van der Waals surface area contributed by atoms with Gasteiger partial charge in [-0.05, 0) is 57.9 Å². The Labute approximate surface area is 130 Å². The van der Waals surface area contributed by atoms with Gasteiger partial charge in [-0.15, -0.1) is 0 Å². The first-order valence-electron chi connectivity index (χ1n) is 6.23. The number of carbonyl (C=O) groups excluding carboxylic acids is 1. The molecule has 0 spiro atoms. The van der Waals surface area contributed by atoms with Crippen molar-refractivity contribution in [1.82, 2.24) is 0 Å². The van der Waals surface area contributed by atoms with Crippen LogP contribution in [0.5, 0.6) is 5.75 Å². The van der Waals surface area contributed by atoms with Crippen LogP contribution in [0.2, 0.25) is 0 Å². The molecule has 21 heavy (non-hydrogen) atoms. The van der Waals surface area contributed by atoms with Crippen molar-refractivity contribution in [2.75, 3.05) is 11.9 Å². The molecule has 0 heterocycles. The maximum atomic E-state index is 13.1. The third kappa shape index (κ3) is 4.75. The summed E-state index contributed by atoms with van der Waals surface area (Å²) in [5.74, 6) is -0.224. The molecule has 1 amide bonds. The molecule has 0 unspecified atom stereocenters. The van der Waals surface area contributed by atoms with E-state index in [9.17, 15) is 9.18 Å². The van der Waals surface area contributed by atoms with E-state index < -0.39 is 5.91 Å². The van der Waals surface area contributed by atoms with E-state index in [0.717, 1.165) is 11.3 Å². The molecule has 0 bridgehead atoms. The van der Waals surface area contributed by atoms with Crippen molar-refractivity contribution < 1.29 is 13.9 Å². The minimum absolute atomic E-state index is 0.142. The number of halogens is 2. The number of nitrogens with two attached hydrogens (primary N) is 1. The average Bonchev–Trinajstić information content (AvgIpc) is 2.47. The number of nitrogens with one attached hydrogen (secondary N) is 1. The van der Waals surface area contributed by atoms with Gasteiger partial charge in [-0.25, -0.2) is 4.39 Å². The number of rotatable bonds is 6. The summed E-state index contributed by atoms with van der Waals surface area (Å²) >= 11 is 3.15. The Kier molecular flexibility index (Phi) is 5.16. The molecule has 0 radical (unpaired) electrons. The number of hydrogen-bond acceptors (Lipinski definition) is 3. The molecule has 3 N–H and O–H groups in total. The maximum absolute atomic E-state index is 13.1. The minimum atomic E-state index is -0.515. The average molecular weight is 353 g/mol. The van der Waals surface area contributed by atoms with Crippen LogP contribution in [0.3, 0.4) is 0 Å². The SMILES string of the molecule is NC(=O)COc1ccc(NCc2ccc(F)c(Br)c2)cc1. The second-order valence-corrected chi connectivity index (χ2v) is 5.24. The first-order chi connectivity index (χ1) is 10.0. The highest BCUT2D eigenvalue weighted by molar-refractivity contribution is 9.10. The van der Waals surface area contributed by atoms with Gasteiger partial charge in [0.1, 0.15) is 11.6 Å². The van der Waals surface area contributed by atoms with Crippen molar-refractivity contribution in [2.45, 2.75) is 6.54 Å². The van der Waals surface area contributed by atoms with Crippen LogP contribution in [0.15, 0.2) is 46.9 Å². The monoisotopic (exact) mass is 352 g/mol. The van der Waals surface area contributed by atoms with Crippen molar-refractivity contribution in [1.29, 1.82) is 0 Å². The molecule has 0 aliphatic heterocycles. The van der Waals surface area contributed by atoms with E-state index in [1.54, 1.807) is 24.3 Å². The highest BCUT2D eigenvalue weighted by Gasteiger charge is 2.01. The number of anilines is 1. The van der Waals surface area contributed by atoms with Crippen LogP contribution in [0.4, 0.5) is 10.1 Å². The van der Waals surface area contributed by atoms with Gasteiger partial charge in [0, 0.05) is 12.2 Å². The van der Waals surface area contributed by atoms with E-state index in [0.29, 0.717) is 16.8 Å². The normalized spacial score (nSPS) is 10.2. The van der Waals surface area contributed by atoms with Crippen LogP contribution in [0.25, 0.3) is 0 Å². The fourth-order valence-corrected chi connectivity index (χ4v) is 2.10. The lowest BCUT2D eigenvalue weighted by molar-refractivity contribution is -0.119. The van der Waals surface area contributed by atoms with Crippen LogP contribution >= 0.6 is 15.9 Å². The highest BCUT2D eigenvalue weighted by atomic mass is 79.9. The number of carbonyl (C=O) groups is 1. The fraction of sp³-hybridized carbons (Fsp3) is 0.133. The standard InChI is InChI=1S/C15H14BrFN2O2/c16-13-7-10(1-6-14(13)17)8-19-11-2-4-12(5-3-11)21-9-15(18)20/h1-7,19H,8-9H2,(H2,18,20). The second kappa shape index (κ2) is 7.08. The predicted octanol–water partition coefficient (Wildman–Crippen LogP) is 3.06. The van der Waals surface area contributed by atoms with Crippen molar-refractivity contribution in [3.63, 3.8) is 0 Å². The van der Waals surface area contributed by atoms with E-state index in [2.05, 4.69) is 21.2 Å². The van der Waals surface area contributed by atoms with Crippen molar-refractivity contribution in [3.8, 4) is 5.75 Å². The summed E-state index contributed by atoms with van der Waals surface area (Å²) in [4.78, 5) is 10.6.